The zero-order chi connectivity index (χ0) is 17.8. The van der Waals surface area contributed by atoms with Crippen LogP contribution in [-0.2, 0) is 0 Å². The number of rotatable bonds is 5. The van der Waals surface area contributed by atoms with Gasteiger partial charge >= 0.3 is 0 Å². The summed E-state index contributed by atoms with van der Waals surface area (Å²) in [5.41, 5.74) is 1.33. The Hall–Kier alpha value is -3.52. The molecule has 0 atom stereocenters. The van der Waals surface area contributed by atoms with Crippen LogP contribution in [-0.4, -0.2) is 25.7 Å². The lowest BCUT2D eigenvalue weighted by Crippen LogP contribution is -2.10. The number of carbonyl (C=O) groups excluding carboxylic acids is 1. The van der Waals surface area contributed by atoms with Crippen LogP contribution < -0.4 is 10.1 Å². The standard InChI is InChI=1S/C18H13N5O2S/c24-18(13-7-10-26-11-13)20-14-1-3-15(4-2-14)25-17-6-5-16(21-22-17)23-9-8-19-12-23/h1-12H,(H,20,24). The Morgan fingerprint density at radius 1 is 1.08 bits per heavy atom. The number of amides is 1. The minimum Gasteiger partial charge on any atom is -0.438 e. The summed E-state index contributed by atoms with van der Waals surface area (Å²) in [7, 11) is 0. The van der Waals surface area contributed by atoms with Crippen LogP contribution in [0.3, 0.4) is 0 Å². The van der Waals surface area contributed by atoms with Gasteiger partial charge in [-0.1, -0.05) is 0 Å². The molecule has 0 saturated heterocycles. The number of nitrogens with zero attached hydrogens (tertiary/aromatic N) is 4. The number of thiophene rings is 1. The van der Waals surface area contributed by atoms with E-state index in [-0.39, 0.29) is 5.91 Å². The fraction of sp³-hybridized carbons (Fsp3) is 0. The normalized spacial score (nSPS) is 10.5. The second-order valence-electron chi connectivity index (χ2n) is 5.29. The van der Waals surface area contributed by atoms with Crippen LogP contribution in [0.15, 0.2) is 71.9 Å². The van der Waals surface area contributed by atoms with Crippen LogP contribution in [0.2, 0.25) is 0 Å². The average Bonchev–Trinajstić information content (AvgIpc) is 3.38. The van der Waals surface area contributed by atoms with Crippen LogP contribution >= 0.6 is 11.3 Å². The average molecular weight is 363 g/mol. The lowest BCUT2D eigenvalue weighted by Gasteiger charge is -2.07. The third-order valence-corrected chi connectivity index (χ3v) is 4.20. The molecule has 0 spiro atoms. The van der Waals surface area contributed by atoms with Gasteiger partial charge in [0.2, 0.25) is 5.88 Å². The molecule has 128 valence electrons. The van der Waals surface area contributed by atoms with E-state index >= 15 is 0 Å². The number of hydrogen-bond donors (Lipinski definition) is 1. The molecule has 4 aromatic rings. The van der Waals surface area contributed by atoms with E-state index in [9.17, 15) is 4.79 Å². The summed E-state index contributed by atoms with van der Waals surface area (Å²) in [5.74, 6) is 1.49. The molecular formula is C18H13N5O2S. The van der Waals surface area contributed by atoms with Crippen LogP contribution in [0.1, 0.15) is 10.4 Å². The van der Waals surface area contributed by atoms with Crippen LogP contribution in [0.5, 0.6) is 11.6 Å². The lowest BCUT2D eigenvalue weighted by molar-refractivity contribution is 0.102. The Morgan fingerprint density at radius 2 is 1.96 bits per heavy atom. The maximum atomic E-state index is 12.0. The largest absolute Gasteiger partial charge is 0.438 e. The highest BCUT2D eigenvalue weighted by molar-refractivity contribution is 7.08. The first-order chi connectivity index (χ1) is 12.8. The molecule has 1 N–H and O–H groups in total. The number of anilines is 1. The maximum Gasteiger partial charge on any atom is 0.256 e. The first kappa shape index (κ1) is 16.0. The maximum absolute atomic E-state index is 12.0. The summed E-state index contributed by atoms with van der Waals surface area (Å²) in [6.07, 6.45) is 5.10. The van der Waals surface area contributed by atoms with Crippen molar-refractivity contribution in [3.8, 4) is 17.4 Å². The van der Waals surface area contributed by atoms with Crippen LogP contribution in [0, 0.1) is 0 Å². The van der Waals surface area contributed by atoms with Gasteiger partial charge in [0, 0.05) is 29.5 Å². The smallest absolute Gasteiger partial charge is 0.256 e. The molecule has 8 heteroatoms. The number of benzene rings is 1. The Morgan fingerprint density at radius 3 is 2.62 bits per heavy atom. The minimum absolute atomic E-state index is 0.138. The summed E-state index contributed by atoms with van der Waals surface area (Å²) >= 11 is 1.48. The Bertz CT molecular complexity index is 981. The van der Waals surface area contributed by atoms with Gasteiger partial charge in [-0.05, 0) is 41.8 Å². The SMILES string of the molecule is O=C(Nc1ccc(Oc2ccc(-n3ccnc3)nn2)cc1)c1ccsc1. The Balaban J connectivity index is 1.40. The lowest BCUT2D eigenvalue weighted by atomic mass is 10.2. The summed E-state index contributed by atoms with van der Waals surface area (Å²) in [6, 6.07) is 12.4. The van der Waals surface area contributed by atoms with Crippen molar-refractivity contribution in [2.45, 2.75) is 0 Å². The molecule has 0 aliphatic carbocycles. The van der Waals surface area contributed by atoms with Gasteiger partial charge in [0.05, 0.1) is 5.56 Å². The Kier molecular flexibility index (Phi) is 4.40. The third-order valence-electron chi connectivity index (χ3n) is 3.51. The first-order valence-electron chi connectivity index (χ1n) is 7.71. The topological polar surface area (TPSA) is 81.9 Å². The fourth-order valence-electron chi connectivity index (χ4n) is 2.22. The van der Waals surface area contributed by atoms with Crippen molar-refractivity contribution in [1.82, 2.24) is 19.7 Å². The molecule has 0 aliphatic heterocycles. The number of ether oxygens (including phenoxy) is 1. The summed E-state index contributed by atoms with van der Waals surface area (Å²) in [6.45, 7) is 0. The predicted octanol–water partition coefficient (Wildman–Crippen LogP) is 3.77. The van der Waals surface area contributed by atoms with E-state index in [1.165, 1.54) is 11.3 Å². The molecule has 1 aromatic carbocycles. The Labute approximate surface area is 152 Å². The number of imidazole rings is 1. The molecular weight excluding hydrogens is 350 g/mol. The van der Waals surface area contributed by atoms with E-state index in [2.05, 4.69) is 20.5 Å². The fourth-order valence-corrected chi connectivity index (χ4v) is 2.86. The van der Waals surface area contributed by atoms with Gasteiger partial charge in [0.15, 0.2) is 5.82 Å². The zero-order valence-electron chi connectivity index (χ0n) is 13.4. The molecule has 0 saturated carbocycles. The van der Waals surface area contributed by atoms with Crippen molar-refractivity contribution in [1.29, 1.82) is 0 Å². The van der Waals surface area contributed by atoms with Gasteiger partial charge in [-0.2, -0.15) is 11.3 Å². The highest BCUT2D eigenvalue weighted by Gasteiger charge is 2.07. The highest BCUT2D eigenvalue weighted by Crippen LogP contribution is 2.22. The zero-order valence-corrected chi connectivity index (χ0v) is 14.3. The number of aromatic nitrogens is 4. The third kappa shape index (κ3) is 3.60. The van der Waals surface area contributed by atoms with Crippen molar-refractivity contribution in [3.63, 3.8) is 0 Å². The molecule has 0 radical (unpaired) electrons. The monoisotopic (exact) mass is 363 g/mol. The van der Waals surface area contributed by atoms with Crippen LogP contribution in [0.25, 0.3) is 5.82 Å². The van der Waals surface area contributed by atoms with E-state index in [0.29, 0.717) is 28.7 Å². The van der Waals surface area contributed by atoms with E-state index in [1.54, 1.807) is 71.1 Å². The molecule has 0 unspecified atom stereocenters. The van der Waals surface area contributed by atoms with Gasteiger partial charge in [-0.3, -0.25) is 9.36 Å². The van der Waals surface area contributed by atoms with E-state index in [1.807, 2.05) is 5.38 Å². The van der Waals surface area contributed by atoms with Crippen molar-refractivity contribution in [2.75, 3.05) is 5.32 Å². The highest BCUT2D eigenvalue weighted by atomic mass is 32.1. The molecule has 0 aliphatic rings. The van der Waals surface area contributed by atoms with Gasteiger partial charge < -0.3 is 10.1 Å². The van der Waals surface area contributed by atoms with Crippen molar-refractivity contribution < 1.29 is 9.53 Å². The summed E-state index contributed by atoms with van der Waals surface area (Å²) < 4.78 is 7.43. The number of hydrogen-bond acceptors (Lipinski definition) is 6. The van der Waals surface area contributed by atoms with E-state index in [0.717, 1.165) is 0 Å². The van der Waals surface area contributed by atoms with Gasteiger partial charge in [0.1, 0.15) is 12.1 Å². The van der Waals surface area contributed by atoms with E-state index < -0.39 is 0 Å². The second kappa shape index (κ2) is 7.16. The van der Waals surface area contributed by atoms with Gasteiger partial charge in [-0.15, -0.1) is 10.2 Å². The molecule has 0 fully saturated rings. The molecule has 3 aromatic heterocycles. The molecule has 1 amide bonds. The van der Waals surface area contributed by atoms with Crippen molar-refractivity contribution >= 4 is 22.9 Å². The summed E-state index contributed by atoms with van der Waals surface area (Å²) in [4.78, 5) is 16.0. The minimum atomic E-state index is -0.138. The molecule has 7 nitrogen and oxygen atoms in total. The van der Waals surface area contributed by atoms with Crippen molar-refractivity contribution in [3.05, 3.63) is 77.5 Å². The van der Waals surface area contributed by atoms with Gasteiger partial charge in [-0.25, -0.2) is 4.98 Å². The first-order valence-corrected chi connectivity index (χ1v) is 8.66. The van der Waals surface area contributed by atoms with E-state index in [4.69, 9.17) is 4.74 Å². The molecule has 4 rings (SSSR count). The van der Waals surface area contributed by atoms with Crippen LogP contribution in [0.4, 0.5) is 5.69 Å². The number of nitrogens with one attached hydrogen (secondary N) is 1. The number of carbonyl (C=O) groups is 1. The second-order valence-corrected chi connectivity index (χ2v) is 6.07. The molecule has 3 heterocycles. The summed E-state index contributed by atoms with van der Waals surface area (Å²) in [5, 5.41) is 14.6. The quantitative estimate of drug-likeness (QED) is 0.584. The van der Waals surface area contributed by atoms with Gasteiger partial charge in [0.25, 0.3) is 5.91 Å². The van der Waals surface area contributed by atoms with Crippen molar-refractivity contribution in [2.24, 2.45) is 0 Å². The predicted molar refractivity (Wildman–Crippen MR) is 97.9 cm³/mol. The molecule has 0 bridgehead atoms. The molecule has 26 heavy (non-hydrogen) atoms.